The van der Waals surface area contributed by atoms with Gasteiger partial charge >= 0.3 is 0 Å². The van der Waals surface area contributed by atoms with Gasteiger partial charge in [-0.2, -0.15) is 5.10 Å². The highest BCUT2D eigenvalue weighted by Crippen LogP contribution is 2.47. The molecule has 156 valence electrons. The predicted molar refractivity (Wildman–Crippen MR) is 116 cm³/mol. The summed E-state index contributed by atoms with van der Waals surface area (Å²) in [4.78, 5) is 8.85. The van der Waals surface area contributed by atoms with Crippen molar-refractivity contribution in [2.45, 2.75) is 38.6 Å². The lowest BCUT2D eigenvalue weighted by Gasteiger charge is -2.19. The van der Waals surface area contributed by atoms with Crippen molar-refractivity contribution in [3.63, 3.8) is 0 Å². The molecule has 0 spiro atoms. The zero-order valence-electron chi connectivity index (χ0n) is 17.6. The summed E-state index contributed by atoms with van der Waals surface area (Å²) < 4.78 is 15.4. The number of hydrogen-bond acceptors (Lipinski definition) is 3. The Hall–Kier alpha value is -3.22. The molecule has 0 saturated heterocycles. The van der Waals surface area contributed by atoms with Crippen molar-refractivity contribution in [1.29, 1.82) is 0 Å². The van der Waals surface area contributed by atoms with Gasteiger partial charge in [-0.1, -0.05) is 18.2 Å². The summed E-state index contributed by atoms with van der Waals surface area (Å²) in [6, 6.07) is 12.9. The molecule has 1 aliphatic rings. The van der Waals surface area contributed by atoms with Gasteiger partial charge in [0.05, 0.1) is 5.69 Å². The number of aryl methyl sites for hydroxylation is 2. The van der Waals surface area contributed by atoms with E-state index in [0.29, 0.717) is 6.54 Å². The maximum absolute atomic E-state index is 13.6. The van der Waals surface area contributed by atoms with Crippen LogP contribution < -0.4 is 10.6 Å². The number of benzene rings is 1. The van der Waals surface area contributed by atoms with Crippen molar-refractivity contribution in [1.82, 2.24) is 25.4 Å². The van der Waals surface area contributed by atoms with E-state index in [1.54, 1.807) is 19.2 Å². The minimum Gasteiger partial charge on any atom is -0.356 e. The second kappa shape index (κ2) is 8.26. The lowest BCUT2D eigenvalue weighted by atomic mass is 9.96. The molecule has 4 rings (SSSR count). The third kappa shape index (κ3) is 4.35. The molecule has 7 heteroatoms. The van der Waals surface area contributed by atoms with Crippen LogP contribution in [0.25, 0.3) is 5.82 Å². The Bertz CT molecular complexity index is 1050. The molecule has 2 heterocycles. The zero-order chi connectivity index (χ0) is 21.1. The van der Waals surface area contributed by atoms with Crippen LogP contribution in [0.5, 0.6) is 0 Å². The molecular formula is C23H27FN6. The van der Waals surface area contributed by atoms with E-state index < -0.39 is 0 Å². The highest BCUT2D eigenvalue weighted by atomic mass is 19.1. The molecule has 0 atom stereocenters. The van der Waals surface area contributed by atoms with Crippen LogP contribution in [-0.4, -0.2) is 34.3 Å². The van der Waals surface area contributed by atoms with Gasteiger partial charge in [0.25, 0.3) is 0 Å². The Kier molecular flexibility index (Phi) is 5.53. The van der Waals surface area contributed by atoms with Gasteiger partial charge in [-0.15, -0.1) is 0 Å². The van der Waals surface area contributed by atoms with Gasteiger partial charge < -0.3 is 10.6 Å². The number of halogens is 1. The Labute approximate surface area is 176 Å². The first kappa shape index (κ1) is 20.1. The van der Waals surface area contributed by atoms with Crippen LogP contribution in [-0.2, 0) is 12.0 Å². The molecule has 30 heavy (non-hydrogen) atoms. The fourth-order valence-electron chi connectivity index (χ4n) is 3.70. The molecule has 1 aromatic carbocycles. The van der Waals surface area contributed by atoms with E-state index in [0.717, 1.165) is 53.7 Å². The second-order valence-corrected chi connectivity index (χ2v) is 7.93. The van der Waals surface area contributed by atoms with Crippen molar-refractivity contribution in [3.05, 3.63) is 77.0 Å². The van der Waals surface area contributed by atoms with Crippen LogP contribution in [0.3, 0.4) is 0 Å². The molecule has 0 bridgehead atoms. The molecule has 2 N–H and O–H groups in total. The minimum absolute atomic E-state index is 0.00266. The number of nitrogens with one attached hydrogen (secondary N) is 2. The van der Waals surface area contributed by atoms with Crippen molar-refractivity contribution < 1.29 is 4.39 Å². The highest BCUT2D eigenvalue weighted by molar-refractivity contribution is 5.79. The Balaban J connectivity index is 1.33. The van der Waals surface area contributed by atoms with E-state index >= 15 is 0 Å². The largest absolute Gasteiger partial charge is 0.356 e. The van der Waals surface area contributed by atoms with E-state index in [-0.39, 0.29) is 11.2 Å². The molecule has 0 unspecified atom stereocenters. The van der Waals surface area contributed by atoms with Crippen molar-refractivity contribution in [2.75, 3.05) is 13.6 Å². The summed E-state index contributed by atoms with van der Waals surface area (Å²) in [6.07, 6.45) is 3.96. The van der Waals surface area contributed by atoms with Gasteiger partial charge in [0.15, 0.2) is 11.8 Å². The summed E-state index contributed by atoms with van der Waals surface area (Å²) in [6.45, 7) is 5.33. The summed E-state index contributed by atoms with van der Waals surface area (Å²) in [7, 11) is 1.75. The molecule has 0 radical (unpaired) electrons. The molecule has 1 aliphatic carbocycles. The quantitative estimate of drug-likeness (QED) is 0.486. The third-order valence-electron chi connectivity index (χ3n) is 5.60. The predicted octanol–water partition coefficient (Wildman–Crippen LogP) is 3.42. The molecule has 1 fully saturated rings. The van der Waals surface area contributed by atoms with E-state index in [4.69, 9.17) is 0 Å². The first-order chi connectivity index (χ1) is 14.5. The first-order valence-corrected chi connectivity index (χ1v) is 10.2. The maximum atomic E-state index is 13.6. The normalized spacial score (nSPS) is 15.1. The minimum atomic E-state index is -0.183. The smallest absolute Gasteiger partial charge is 0.191 e. The fourth-order valence-corrected chi connectivity index (χ4v) is 3.70. The summed E-state index contributed by atoms with van der Waals surface area (Å²) in [5.41, 5.74) is 4.14. The number of nitrogens with zero attached hydrogens (tertiary/aromatic N) is 4. The van der Waals surface area contributed by atoms with Crippen LogP contribution in [0.2, 0.25) is 0 Å². The van der Waals surface area contributed by atoms with E-state index in [2.05, 4.69) is 25.7 Å². The number of aliphatic imine (C=N–C) groups is 1. The van der Waals surface area contributed by atoms with Crippen LogP contribution in [0.1, 0.15) is 35.4 Å². The standard InChI is InChI=1S/C23H27FN6/c1-16-11-17(2)30(29-16)21-8-7-18(13-26-21)14-27-22(25-3)28-15-23(9-10-23)19-5-4-6-20(24)12-19/h4-8,11-13H,9-10,14-15H2,1-3H3,(H2,25,27,28). The average Bonchev–Trinajstić information content (AvgIpc) is 3.46. The topological polar surface area (TPSA) is 67.1 Å². The number of hydrogen-bond donors (Lipinski definition) is 2. The number of pyridine rings is 1. The second-order valence-electron chi connectivity index (χ2n) is 7.93. The lowest BCUT2D eigenvalue weighted by Crippen LogP contribution is -2.40. The summed E-state index contributed by atoms with van der Waals surface area (Å²) in [5, 5.41) is 11.2. The molecule has 0 aliphatic heterocycles. The molecule has 0 amide bonds. The van der Waals surface area contributed by atoms with E-state index in [1.807, 2.05) is 49.0 Å². The van der Waals surface area contributed by atoms with Crippen LogP contribution >= 0.6 is 0 Å². The van der Waals surface area contributed by atoms with Crippen molar-refractivity contribution in [3.8, 4) is 5.82 Å². The van der Waals surface area contributed by atoms with E-state index in [9.17, 15) is 4.39 Å². The van der Waals surface area contributed by atoms with Crippen molar-refractivity contribution >= 4 is 5.96 Å². The molecule has 2 aromatic heterocycles. The summed E-state index contributed by atoms with van der Waals surface area (Å²) in [5.74, 6) is 1.34. The average molecular weight is 407 g/mol. The SMILES string of the molecule is CN=C(NCc1ccc(-n2nc(C)cc2C)nc1)NCC1(c2cccc(F)c2)CC1. The van der Waals surface area contributed by atoms with Crippen molar-refractivity contribution in [2.24, 2.45) is 4.99 Å². The van der Waals surface area contributed by atoms with Gasteiger partial charge in [-0.05, 0) is 62.1 Å². The van der Waals surface area contributed by atoms with Crippen LogP contribution in [0.15, 0.2) is 53.7 Å². The molecule has 1 saturated carbocycles. The Morgan fingerprint density at radius 1 is 1.17 bits per heavy atom. The maximum Gasteiger partial charge on any atom is 0.191 e. The number of rotatable bonds is 6. The Morgan fingerprint density at radius 3 is 2.60 bits per heavy atom. The fraction of sp³-hybridized carbons (Fsp3) is 0.348. The molecule has 6 nitrogen and oxygen atoms in total. The monoisotopic (exact) mass is 406 g/mol. The van der Waals surface area contributed by atoms with Gasteiger partial charge in [0.1, 0.15) is 5.82 Å². The zero-order valence-corrected chi connectivity index (χ0v) is 17.6. The highest BCUT2D eigenvalue weighted by Gasteiger charge is 2.44. The molecule has 3 aromatic rings. The molecular weight excluding hydrogens is 379 g/mol. The van der Waals surface area contributed by atoms with Crippen LogP contribution in [0, 0.1) is 19.7 Å². The van der Waals surface area contributed by atoms with Gasteiger partial charge in [-0.25, -0.2) is 14.1 Å². The van der Waals surface area contributed by atoms with E-state index in [1.165, 1.54) is 6.07 Å². The number of aromatic nitrogens is 3. The summed E-state index contributed by atoms with van der Waals surface area (Å²) >= 11 is 0. The van der Waals surface area contributed by atoms with Gasteiger partial charge in [0, 0.05) is 37.4 Å². The third-order valence-corrected chi connectivity index (χ3v) is 5.60. The number of guanidine groups is 1. The van der Waals surface area contributed by atoms with Gasteiger partial charge in [0.2, 0.25) is 0 Å². The lowest BCUT2D eigenvalue weighted by molar-refractivity contribution is 0.607. The van der Waals surface area contributed by atoms with Gasteiger partial charge in [-0.3, -0.25) is 4.99 Å². The Morgan fingerprint density at radius 2 is 2.00 bits per heavy atom. The first-order valence-electron chi connectivity index (χ1n) is 10.2. The van der Waals surface area contributed by atoms with Crippen LogP contribution in [0.4, 0.5) is 4.39 Å².